The number of carbonyl (C=O) groups excluding carboxylic acids is 1. The van der Waals surface area contributed by atoms with Crippen LogP contribution in [0.5, 0.6) is 0 Å². The first kappa shape index (κ1) is 13.6. The monoisotopic (exact) mass is 284 g/mol. The molecule has 0 atom stereocenters. The van der Waals surface area contributed by atoms with Crippen LogP contribution < -0.4 is 9.80 Å². The predicted molar refractivity (Wildman–Crippen MR) is 83.1 cm³/mol. The summed E-state index contributed by atoms with van der Waals surface area (Å²) in [5.41, 5.74) is 3.35. The van der Waals surface area contributed by atoms with E-state index < -0.39 is 0 Å². The molecule has 4 heteroatoms. The first-order valence-corrected chi connectivity index (χ1v) is 6.96. The standard InChI is InChI=1S/C17H17FN2O/c1-12(21)14-11-13(18)7-8-15(14)20-10-9-19(2)16-5-3-4-6-17(16)20/h3-8,11H,9-10H2,1-2H3. The minimum Gasteiger partial charge on any atom is -0.371 e. The topological polar surface area (TPSA) is 23.6 Å². The Kier molecular flexibility index (Phi) is 3.37. The molecule has 0 amide bonds. The van der Waals surface area contributed by atoms with E-state index in [9.17, 15) is 9.18 Å². The minimum absolute atomic E-state index is 0.124. The van der Waals surface area contributed by atoms with Crippen molar-refractivity contribution in [3.8, 4) is 0 Å². The van der Waals surface area contributed by atoms with Crippen LogP contribution in [0.4, 0.5) is 21.5 Å². The highest BCUT2D eigenvalue weighted by Crippen LogP contribution is 2.38. The second kappa shape index (κ2) is 5.20. The van der Waals surface area contributed by atoms with Crippen LogP contribution in [0.2, 0.25) is 0 Å². The van der Waals surface area contributed by atoms with Crippen molar-refractivity contribution in [1.82, 2.24) is 0 Å². The molecule has 1 heterocycles. The third-order valence-electron chi connectivity index (χ3n) is 3.87. The molecule has 0 saturated carbocycles. The minimum atomic E-state index is -0.383. The number of ketones is 1. The number of fused-ring (bicyclic) bond motifs is 1. The van der Waals surface area contributed by atoms with Gasteiger partial charge in [0.2, 0.25) is 0 Å². The Hall–Kier alpha value is -2.36. The summed E-state index contributed by atoms with van der Waals surface area (Å²) in [4.78, 5) is 16.1. The first-order chi connectivity index (χ1) is 10.1. The number of hydrogen-bond donors (Lipinski definition) is 0. The van der Waals surface area contributed by atoms with Gasteiger partial charge in [-0.05, 0) is 37.3 Å². The highest BCUT2D eigenvalue weighted by atomic mass is 19.1. The van der Waals surface area contributed by atoms with E-state index >= 15 is 0 Å². The van der Waals surface area contributed by atoms with Crippen LogP contribution in [-0.4, -0.2) is 25.9 Å². The zero-order valence-corrected chi connectivity index (χ0v) is 12.1. The number of anilines is 3. The molecule has 0 aliphatic carbocycles. The number of benzene rings is 2. The van der Waals surface area contributed by atoms with Crippen molar-refractivity contribution >= 4 is 22.8 Å². The fourth-order valence-corrected chi connectivity index (χ4v) is 2.78. The molecule has 108 valence electrons. The molecule has 0 unspecified atom stereocenters. The normalized spacial score (nSPS) is 14.0. The molecule has 0 fully saturated rings. The van der Waals surface area contributed by atoms with Gasteiger partial charge in [0.05, 0.1) is 17.1 Å². The Bertz CT molecular complexity index is 699. The van der Waals surface area contributed by atoms with Gasteiger partial charge in [-0.1, -0.05) is 12.1 Å². The summed E-state index contributed by atoms with van der Waals surface area (Å²) in [5, 5.41) is 0. The van der Waals surface area contributed by atoms with Crippen molar-refractivity contribution in [2.24, 2.45) is 0 Å². The second-order valence-corrected chi connectivity index (χ2v) is 5.28. The van der Waals surface area contributed by atoms with Gasteiger partial charge < -0.3 is 9.80 Å². The fourth-order valence-electron chi connectivity index (χ4n) is 2.78. The molecule has 0 radical (unpaired) electrons. The highest BCUT2D eigenvalue weighted by molar-refractivity contribution is 6.01. The van der Waals surface area contributed by atoms with Crippen LogP contribution in [0.1, 0.15) is 17.3 Å². The molecule has 0 spiro atoms. The maximum absolute atomic E-state index is 13.5. The van der Waals surface area contributed by atoms with Gasteiger partial charge in [0.25, 0.3) is 0 Å². The molecule has 1 aliphatic heterocycles. The van der Waals surface area contributed by atoms with E-state index in [1.807, 2.05) is 25.2 Å². The van der Waals surface area contributed by atoms with Crippen molar-refractivity contribution in [3.63, 3.8) is 0 Å². The van der Waals surface area contributed by atoms with Crippen molar-refractivity contribution in [1.29, 1.82) is 0 Å². The number of halogens is 1. The summed E-state index contributed by atoms with van der Waals surface area (Å²) in [6.45, 7) is 3.09. The van der Waals surface area contributed by atoms with Crippen LogP contribution in [0.15, 0.2) is 42.5 Å². The van der Waals surface area contributed by atoms with Gasteiger partial charge in [-0.3, -0.25) is 4.79 Å². The lowest BCUT2D eigenvalue weighted by Gasteiger charge is -2.37. The third kappa shape index (κ3) is 2.37. The Morgan fingerprint density at radius 1 is 1.05 bits per heavy atom. The highest BCUT2D eigenvalue weighted by Gasteiger charge is 2.23. The van der Waals surface area contributed by atoms with Gasteiger partial charge in [-0.25, -0.2) is 4.39 Å². The molecule has 3 rings (SSSR count). The average molecular weight is 284 g/mol. The number of likely N-dealkylation sites (N-methyl/N-ethyl adjacent to an activating group) is 1. The van der Waals surface area contributed by atoms with Gasteiger partial charge in [-0.15, -0.1) is 0 Å². The van der Waals surface area contributed by atoms with E-state index in [-0.39, 0.29) is 11.6 Å². The van der Waals surface area contributed by atoms with Gasteiger partial charge in [-0.2, -0.15) is 0 Å². The summed E-state index contributed by atoms with van der Waals surface area (Å²) in [5.74, 6) is -0.507. The number of rotatable bonds is 2. The number of hydrogen-bond acceptors (Lipinski definition) is 3. The van der Waals surface area contributed by atoms with Crippen LogP contribution in [0, 0.1) is 5.82 Å². The van der Waals surface area contributed by atoms with Gasteiger partial charge >= 0.3 is 0 Å². The van der Waals surface area contributed by atoms with Crippen molar-refractivity contribution in [2.75, 3.05) is 29.9 Å². The average Bonchev–Trinajstić information content (AvgIpc) is 2.48. The van der Waals surface area contributed by atoms with E-state index in [2.05, 4.69) is 15.9 Å². The lowest BCUT2D eigenvalue weighted by molar-refractivity contribution is 0.101. The van der Waals surface area contributed by atoms with Crippen molar-refractivity contribution in [2.45, 2.75) is 6.92 Å². The Morgan fingerprint density at radius 2 is 1.76 bits per heavy atom. The molecule has 2 aromatic rings. The van der Waals surface area contributed by atoms with E-state index in [1.165, 1.54) is 19.1 Å². The third-order valence-corrected chi connectivity index (χ3v) is 3.87. The molecule has 21 heavy (non-hydrogen) atoms. The number of Topliss-reactive ketones (excluding diaryl/α,β-unsaturated/α-hetero) is 1. The van der Waals surface area contributed by atoms with Gasteiger partial charge in [0, 0.05) is 25.7 Å². The maximum atomic E-state index is 13.5. The molecular formula is C17H17FN2O. The zero-order chi connectivity index (χ0) is 15.0. The van der Waals surface area contributed by atoms with Crippen LogP contribution >= 0.6 is 0 Å². The SMILES string of the molecule is CC(=O)c1cc(F)ccc1N1CCN(C)c2ccccc21. The Labute approximate surface area is 123 Å². The first-order valence-electron chi connectivity index (χ1n) is 6.96. The van der Waals surface area contributed by atoms with Crippen LogP contribution in [-0.2, 0) is 0 Å². The van der Waals surface area contributed by atoms with Crippen LogP contribution in [0.3, 0.4) is 0 Å². The van der Waals surface area contributed by atoms with E-state index in [1.54, 1.807) is 6.07 Å². The maximum Gasteiger partial charge on any atom is 0.162 e. The van der Waals surface area contributed by atoms with E-state index in [4.69, 9.17) is 0 Å². The molecule has 0 bridgehead atoms. The Balaban J connectivity index is 2.14. The molecule has 0 saturated heterocycles. The molecule has 2 aromatic carbocycles. The quantitative estimate of drug-likeness (QED) is 0.787. The van der Waals surface area contributed by atoms with Crippen LogP contribution in [0.25, 0.3) is 0 Å². The molecule has 0 N–H and O–H groups in total. The van der Waals surface area contributed by atoms with Crippen molar-refractivity contribution in [3.05, 3.63) is 53.8 Å². The van der Waals surface area contributed by atoms with E-state index in [0.717, 1.165) is 30.2 Å². The zero-order valence-electron chi connectivity index (χ0n) is 12.1. The molecule has 3 nitrogen and oxygen atoms in total. The smallest absolute Gasteiger partial charge is 0.162 e. The summed E-state index contributed by atoms with van der Waals surface area (Å²) < 4.78 is 13.5. The van der Waals surface area contributed by atoms with Crippen molar-refractivity contribution < 1.29 is 9.18 Å². The number of para-hydroxylation sites is 2. The molecule has 0 aromatic heterocycles. The van der Waals surface area contributed by atoms with Gasteiger partial charge in [0.15, 0.2) is 5.78 Å². The fraction of sp³-hybridized carbons (Fsp3) is 0.235. The largest absolute Gasteiger partial charge is 0.371 e. The lowest BCUT2D eigenvalue weighted by Crippen LogP contribution is -2.37. The summed E-state index contributed by atoms with van der Waals surface area (Å²) in [6, 6.07) is 12.5. The second-order valence-electron chi connectivity index (χ2n) is 5.28. The summed E-state index contributed by atoms with van der Waals surface area (Å²) >= 11 is 0. The summed E-state index contributed by atoms with van der Waals surface area (Å²) in [7, 11) is 2.05. The number of nitrogens with zero attached hydrogens (tertiary/aromatic N) is 2. The summed E-state index contributed by atoms with van der Waals surface area (Å²) in [6.07, 6.45) is 0. The lowest BCUT2D eigenvalue weighted by atomic mass is 10.1. The predicted octanol–water partition coefficient (Wildman–Crippen LogP) is 3.62. The molecule has 1 aliphatic rings. The van der Waals surface area contributed by atoms with E-state index in [0.29, 0.717) is 5.56 Å². The Morgan fingerprint density at radius 3 is 2.48 bits per heavy atom. The molecular weight excluding hydrogens is 267 g/mol. The van der Waals surface area contributed by atoms with Gasteiger partial charge in [0.1, 0.15) is 5.82 Å². The number of carbonyl (C=O) groups is 1.